The highest BCUT2D eigenvalue weighted by Gasteiger charge is 2.26. The molecule has 0 aromatic heterocycles. The van der Waals surface area contributed by atoms with Gasteiger partial charge in [0.15, 0.2) is 0 Å². The van der Waals surface area contributed by atoms with Crippen LogP contribution in [0.15, 0.2) is 18.2 Å². The van der Waals surface area contributed by atoms with Crippen molar-refractivity contribution in [3.63, 3.8) is 0 Å². The van der Waals surface area contributed by atoms with Gasteiger partial charge in [-0.15, -0.1) is 0 Å². The fraction of sp³-hybridized carbons (Fsp3) is 0.500. The summed E-state index contributed by atoms with van der Waals surface area (Å²) in [6.45, 7) is 4.94. The van der Waals surface area contributed by atoms with Gasteiger partial charge in [0.25, 0.3) is 5.69 Å². The molecule has 0 bridgehead atoms. The minimum atomic E-state index is -0.412. The molecule has 2 rings (SSSR count). The fourth-order valence-electron chi connectivity index (χ4n) is 2.12. The molecule has 1 aliphatic heterocycles. The third-order valence-corrected chi connectivity index (χ3v) is 2.92. The van der Waals surface area contributed by atoms with Gasteiger partial charge in [-0.2, -0.15) is 0 Å². The van der Waals surface area contributed by atoms with Crippen LogP contribution in [0.3, 0.4) is 0 Å². The number of anilines is 1. The predicted octanol–water partition coefficient (Wildman–Crippen LogP) is 2.07. The van der Waals surface area contributed by atoms with E-state index in [1.54, 1.807) is 17.0 Å². The first-order valence-electron chi connectivity index (χ1n) is 6.71. The Labute approximate surface area is 119 Å². The minimum Gasteiger partial charge on any atom is -0.311 e. The number of rotatable bonds is 3. The molecule has 0 atom stereocenters. The molecule has 0 aliphatic carbocycles. The average Bonchev–Trinajstić information content (AvgIpc) is 2.83. The van der Waals surface area contributed by atoms with Crippen LogP contribution in [0.2, 0.25) is 0 Å². The van der Waals surface area contributed by atoms with Gasteiger partial charge in [-0.3, -0.25) is 14.9 Å². The number of nitro benzene ring substituents is 1. The Morgan fingerprint density at radius 2 is 2.05 bits per heavy atom. The zero-order valence-corrected chi connectivity index (χ0v) is 12.4. The van der Waals surface area contributed by atoms with E-state index < -0.39 is 4.92 Å². The van der Waals surface area contributed by atoms with Crippen LogP contribution in [-0.2, 0) is 11.2 Å². The molecule has 20 heavy (non-hydrogen) atoms. The number of amides is 1. The molecule has 0 unspecified atom stereocenters. The van der Waals surface area contributed by atoms with Crippen molar-refractivity contribution in [2.24, 2.45) is 0 Å². The van der Waals surface area contributed by atoms with E-state index in [1.807, 2.05) is 32.8 Å². The fourth-order valence-corrected chi connectivity index (χ4v) is 2.12. The van der Waals surface area contributed by atoms with Gasteiger partial charge in [0.05, 0.1) is 11.5 Å². The van der Waals surface area contributed by atoms with E-state index in [1.165, 1.54) is 6.07 Å². The first kappa shape index (κ1) is 16.1. The molecule has 1 aromatic rings. The number of carbonyl (C=O) groups excluding carboxylic acids is 1. The third-order valence-electron chi connectivity index (χ3n) is 2.92. The topological polar surface area (TPSA) is 66.7 Å². The number of hydrogen-bond donors (Lipinski definition) is 0. The molecular weight excluding hydrogens is 258 g/mol. The Balaban J connectivity index is 0.000000956. The van der Waals surface area contributed by atoms with Gasteiger partial charge < -0.3 is 9.80 Å². The lowest BCUT2D eigenvalue weighted by molar-refractivity contribution is -0.384. The summed E-state index contributed by atoms with van der Waals surface area (Å²) in [5.74, 6) is 0.0209. The summed E-state index contributed by atoms with van der Waals surface area (Å²) in [7, 11) is 3.68. The number of nitrogens with zero attached hydrogens (tertiary/aromatic N) is 3. The number of fused-ring (bicyclic) bond motifs is 1. The van der Waals surface area contributed by atoms with Crippen LogP contribution in [0.4, 0.5) is 11.4 Å². The number of carbonyl (C=O) groups is 1. The highest BCUT2D eigenvalue weighted by molar-refractivity contribution is 5.96. The van der Waals surface area contributed by atoms with Crippen LogP contribution in [0.5, 0.6) is 0 Å². The monoisotopic (exact) mass is 279 g/mol. The normalized spacial score (nSPS) is 12.8. The second-order valence-electron chi connectivity index (χ2n) is 4.60. The van der Waals surface area contributed by atoms with Gasteiger partial charge in [-0.25, -0.2) is 0 Å². The van der Waals surface area contributed by atoms with Gasteiger partial charge in [0.1, 0.15) is 0 Å². The number of nitro groups is 1. The third kappa shape index (κ3) is 3.54. The number of benzene rings is 1. The number of hydrogen-bond acceptors (Lipinski definition) is 4. The van der Waals surface area contributed by atoms with Gasteiger partial charge in [-0.05, 0) is 32.1 Å². The Hall–Kier alpha value is -1.95. The summed E-state index contributed by atoms with van der Waals surface area (Å²) >= 11 is 0. The summed E-state index contributed by atoms with van der Waals surface area (Å²) in [6, 6.07) is 4.66. The van der Waals surface area contributed by atoms with Gasteiger partial charge in [0, 0.05) is 24.4 Å². The van der Waals surface area contributed by atoms with Crippen LogP contribution in [0, 0.1) is 10.1 Å². The van der Waals surface area contributed by atoms with E-state index in [0.29, 0.717) is 19.5 Å². The highest BCUT2D eigenvalue weighted by Crippen LogP contribution is 2.31. The molecule has 0 fully saturated rings. The second-order valence-corrected chi connectivity index (χ2v) is 4.60. The van der Waals surface area contributed by atoms with E-state index in [9.17, 15) is 14.9 Å². The lowest BCUT2D eigenvalue weighted by Gasteiger charge is -2.19. The van der Waals surface area contributed by atoms with E-state index in [0.717, 1.165) is 11.3 Å². The Morgan fingerprint density at radius 3 is 2.60 bits per heavy atom. The first-order chi connectivity index (χ1) is 9.49. The quantitative estimate of drug-likeness (QED) is 0.627. The van der Waals surface area contributed by atoms with Crippen molar-refractivity contribution < 1.29 is 9.72 Å². The Bertz CT molecular complexity index is 500. The van der Waals surface area contributed by atoms with Crippen molar-refractivity contribution in [2.45, 2.75) is 20.3 Å². The lowest BCUT2D eigenvalue weighted by atomic mass is 10.1. The standard InChI is InChI=1S/C12H15N3O3.C2H6/c1-13(2)8-12(16)14-6-5-9-7-10(15(17)18)3-4-11(9)14;1-2/h3-4,7H,5-6,8H2,1-2H3;1-2H3. The van der Waals surface area contributed by atoms with E-state index in [2.05, 4.69) is 0 Å². The zero-order chi connectivity index (χ0) is 15.3. The number of likely N-dealkylation sites (N-methyl/N-ethyl adjacent to an activating group) is 1. The average molecular weight is 279 g/mol. The molecule has 1 aliphatic rings. The largest absolute Gasteiger partial charge is 0.311 e. The molecule has 0 radical (unpaired) electrons. The second kappa shape index (κ2) is 7.00. The van der Waals surface area contributed by atoms with Crippen LogP contribution >= 0.6 is 0 Å². The van der Waals surface area contributed by atoms with Gasteiger partial charge in [-0.1, -0.05) is 13.8 Å². The van der Waals surface area contributed by atoms with E-state index in [-0.39, 0.29) is 11.6 Å². The molecule has 110 valence electrons. The van der Waals surface area contributed by atoms with E-state index >= 15 is 0 Å². The summed E-state index contributed by atoms with van der Waals surface area (Å²) < 4.78 is 0. The predicted molar refractivity (Wildman–Crippen MR) is 79.1 cm³/mol. The summed E-state index contributed by atoms with van der Waals surface area (Å²) in [5.41, 5.74) is 1.75. The zero-order valence-electron chi connectivity index (χ0n) is 12.4. The van der Waals surface area contributed by atoms with Crippen LogP contribution in [-0.4, -0.2) is 42.9 Å². The summed E-state index contributed by atoms with van der Waals surface area (Å²) in [4.78, 5) is 25.8. The maximum Gasteiger partial charge on any atom is 0.269 e. The van der Waals surface area contributed by atoms with Crippen molar-refractivity contribution in [1.82, 2.24) is 4.90 Å². The van der Waals surface area contributed by atoms with Crippen LogP contribution in [0.1, 0.15) is 19.4 Å². The molecule has 0 spiro atoms. The maximum atomic E-state index is 12.0. The smallest absolute Gasteiger partial charge is 0.269 e. The van der Waals surface area contributed by atoms with Crippen molar-refractivity contribution in [1.29, 1.82) is 0 Å². The summed E-state index contributed by atoms with van der Waals surface area (Å²) in [5, 5.41) is 10.7. The van der Waals surface area contributed by atoms with Crippen molar-refractivity contribution in [3.05, 3.63) is 33.9 Å². The van der Waals surface area contributed by atoms with Crippen molar-refractivity contribution in [3.8, 4) is 0 Å². The molecular formula is C14H21N3O3. The molecule has 1 heterocycles. The molecule has 0 saturated carbocycles. The molecule has 1 amide bonds. The van der Waals surface area contributed by atoms with Crippen LogP contribution < -0.4 is 4.90 Å². The van der Waals surface area contributed by atoms with Crippen LogP contribution in [0.25, 0.3) is 0 Å². The maximum absolute atomic E-state index is 12.0. The Morgan fingerprint density at radius 1 is 1.40 bits per heavy atom. The highest BCUT2D eigenvalue weighted by atomic mass is 16.6. The molecule has 6 heteroatoms. The molecule has 0 saturated heterocycles. The minimum absolute atomic E-state index is 0.0209. The van der Waals surface area contributed by atoms with Crippen molar-refractivity contribution in [2.75, 3.05) is 32.1 Å². The van der Waals surface area contributed by atoms with Gasteiger partial charge >= 0.3 is 0 Å². The lowest BCUT2D eigenvalue weighted by Crippen LogP contribution is -2.36. The first-order valence-corrected chi connectivity index (χ1v) is 6.71. The molecule has 6 nitrogen and oxygen atoms in total. The molecule has 1 aromatic carbocycles. The van der Waals surface area contributed by atoms with Crippen molar-refractivity contribution >= 4 is 17.3 Å². The van der Waals surface area contributed by atoms with E-state index in [4.69, 9.17) is 0 Å². The summed E-state index contributed by atoms with van der Waals surface area (Å²) in [6.07, 6.45) is 0.677. The molecule has 0 N–H and O–H groups in total. The SMILES string of the molecule is CC.CN(C)CC(=O)N1CCc2cc([N+](=O)[O-])ccc21. The number of non-ortho nitro benzene ring substituents is 1. The van der Waals surface area contributed by atoms with Gasteiger partial charge in [0.2, 0.25) is 5.91 Å². The Kier molecular flexibility index (Phi) is 5.64.